The lowest BCUT2D eigenvalue weighted by Gasteiger charge is -2.36. The minimum atomic E-state index is 0. The van der Waals surface area contributed by atoms with Crippen LogP contribution in [0.25, 0.3) is 0 Å². The van der Waals surface area contributed by atoms with Crippen LogP contribution in [0.2, 0.25) is 0 Å². The Kier molecular flexibility index (Phi) is 8.99. The Morgan fingerprint density at radius 1 is 1.16 bits per heavy atom. The lowest BCUT2D eigenvalue weighted by atomic mass is 9.96. The lowest BCUT2D eigenvalue weighted by Crippen LogP contribution is -2.44. The molecule has 1 unspecified atom stereocenters. The summed E-state index contributed by atoms with van der Waals surface area (Å²) in [6, 6.07) is 0. The van der Waals surface area contributed by atoms with E-state index in [0.29, 0.717) is 12.7 Å². The molecule has 2 aliphatic rings. The maximum atomic E-state index is 5.86. The van der Waals surface area contributed by atoms with Crippen molar-refractivity contribution in [3.8, 4) is 0 Å². The summed E-state index contributed by atoms with van der Waals surface area (Å²) in [7, 11) is 1.73. The second kappa shape index (κ2) is 9.94. The molecule has 114 valence electrons. The molecule has 2 rings (SSSR count). The van der Waals surface area contributed by atoms with Gasteiger partial charge in [0.1, 0.15) is 0 Å². The number of piperidine rings is 2. The highest BCUT2D eigenvalue weighted by Crippen LogP contribution is 2.18. The van der Waals surface area contributed by atoms with Crippen LogP contribution < -0.4 is 5.32 Å². The standard InChI is InChI=1S/C14H28N2O2.ClH/c1-17-9-10-18-14-3-2-8-16(12-14)11-13-4-6-15-7-5-13;/h13-15H,2-12H2,1H3;1H. The zero-order chi connectivity index (χ0) is 12.6. The molecule has 0 saturated carbocycles. The van der Waals surface area contributed by atoms with Crippen LogP contribution in [0.3, 0.4) is 0 Å². The number of hydrogen-bond acceptors (Lipinski definition) is 4. The maximum absolute atomic E-state index is 5.86. The minimum absolute atomic E-state index is 0. The van der Waals surface area contributed by atoms with E-state index in [1.54, 1.807) is 7.11 Å². The third-order valence-electron chi connectivity index (χ3n) is 4.08. The summed E-state index contributed by atoms with van der Waals surface area (Å²) in [5, 5.41) is 3.44. The van der Waals surface area contributed by atoms with Crippen molar-refractivity contribution in [1.29, 1.82) is 0 Å². The number of ether oxygens (including phenoxy) is 2. The second-order valence-electron chi connectivity index (χ2n) is 5.58. The van der Waals surface area contributed by atoms with Gasteiger partial charge in [-0.15, -0.1) is 12.4 Å². The molecule has 0 aliphatic carbocycles. The normalized spacial score (nSPS) is 26.1. The SMILES string of the molecule is COCCOC1CCCN(CC2CCNCC2)C1.Cl. The van der Waals surface area contributed by atoms with Gasteiger partial charge in [-0.1, -0.05) is 0 Å². The summed E-state index contributed by atoms with van der Waals surface area (Å²) in [6.07, 6.45) is 5.60. The highest BCUT2D eigenvalue weighted by Gasteiger charge is 2.23. The molecule has 2 heterocycles. The van der Waals surface area contributed by atoms with Gasteiger partial charge in [-0.3, -0.25) is 0 Å². The predicted molar refractivity (Wildman–Crippen MR) is 80.1 cm³/mol. The van der Waals surface area contributed by atoms with E-state index in [0.717, 1.165) is 19.1 Å². The quantitative estimate of drug-likeness (QED) is 0.753. The Bertz CT molecular complexity index is 225. The first-order chi connectivity index (χ1) is 8.88. The van der Waals surface area contributed by atoms with Crippen LogP contribution in [0.15, 0.2) is 0 Å². The first-order valence-corrected chi connectivity index (χ1v) is 7.42. The summed E-state index contributed by atoms with van der Waals surface area (Å²) >= 11 is 0. The molecule has 1 N–H and O–H groups in total. The molecule has 4 nitrogen and oxygen atoms in total. The molecule has 0 aromatic heterocycles. The summed E-state index contributed by atoms with van der Waals surface area (Å²) in [5.74, 6) is 0.893. The molecule has 1 atom stereocenters. The van der Waals surface area contributed by atoms with Crippen molar-refractivity contribution in [1.82, 2.24) is 10.2 Å². The summed E-state index contributed by atoms with van der Waals surface area (Å²) in [5.41, 5.74) is 0. The van der Waals surface area contributed by atoms with E-state index in [4.69, 9.17) is 9.47 Å². The zero-order valence-electron chi connectivity index (χ0n) is 12.1. The van der Waals surface area contributed by atoms with Crippen molar-refractivity contribution in [2.24, 2.45) is 5.92 Å². The van der Waals surface area contributed by atoms with E-state index >= 15 is 0 Å². The molecule has 0 spiro atoms. The third-order valence-corrected chi connectivity index (χ3v) is 4.08. The van der Waals surface area contributed by atoms with E-state index in [1.165, 1.54) is 51.9 Å². The molecule has 0 aromatic carbocycles. The fraction of sp³-hybridized carbons (Fsp3) is 1.00. The summed E-state index contributed by atoms with van der Waals surface area (Å²) in [4.78, 5) is 2.61. The van der Waals surface area contributed by atoms with Crippen LogP contribution in [-0.2, 0) is 9.47 Å². The van der Waals surface area contributed by atoms with E-state index in [2.05, 4.69) is 10.2 Å². The van der Waals surface area contributed by atoms with Gasteiger partial charge in [-0.2, -0.15) is 0 Å². The zero-order valence-corrected chi connectivity index (χ0v) is 12.9. The molecule has 0 bridgehead atoms. The van der Waals surface area contributed by atoms with Crippen LogP contribution >= 0.6 is 12.4 Å². The van der Waals surface area contributed by atoms with E-state index in [9.17, 15) is 0 Å². The number of hydrogen-bond donors (Lipinski definition) is 1. The van der Waals surface area contributed by atoms with Crippen molar-refractivity contribution in [2.75, 3.05) is 53.0 Å². The first-order valence-electron chi connectivity index (χ1n) is 7.42. The number of methoxy groups -OCH3 is 1. The van der Waals surface area contributed by atoms with Crippen molar-refractivity contribution < 1.29 is 9.47 Å². The highest BCUT2D eigenvalue weighted by atomic mass is 35.5. The molecule has 5 heteroatoms. The van der Waals surface area contributed by atoms with Gasteiger partial charge in [-0.05, 0) is 51.2 Å². The van der Waals surface area contributed by atoms with E-state index in [1.807, 2.05) is 0 Å². The van der Waals surface area contributed by atoms with E-state index < -0.39 is 0 Å². The van der Waals surface area contributed by atoms with Gasteiger partial charge in [0.25, 0.3) is 0 Å². The van der Waals surface area contributed by atoms with Gasteiger partial charge in [0.15, 0.2) is 0 Å². The Hall–Kier alpha value is 0.130. The monoisotopic (exact) mass is 292 g/mol. The summed E-state index contributed by atoms with van der Waals surface area (Å²) < 4.78 is 10.9. The molecular formula is C14H29ClN2O2. The van der Waals surface area contributed by atoms with Crippen molar-refractivity contribution in [3.63, 3.8) is 0 Å². The van der Waals surface area contributed by atoms with Crippen LogP contribution in [0.1, 0.15) is 25.7 Å². The predicted octanol–water partition coefficient (Wildman–Crippen LogP) is 1.54. The Morgan fingerprint density at radius 3 is 2.68 bits per heavy atom. The van der Waals surface area contributed by atoms with Crippen LogP contribution in [-0.4, -0.2) is 64.1 Å². The maximum Gasteiger partial charge on any atom is 0.0704 e. The number of nitrogens with zero attached hydrogens (tertiary/aromatic N) is 1. The topological polar surface area (TPSA) is 33.7 Å². The van der Waals surface area contributed by atoms with Gasteiger partial charge >= 0.3 is 0 Å². The number of halogens is 1. The minimum Gasteiger partial charge on any atom is -0.382 e. The number of likely N-dealkylation sites (tertiary alicyclic amines) is 1. The highest BCUT2D eigenvalue weighted by molar-refractivity contribution is 5.85. The Morgan fingerprint density at radius 2 is 1.95 bits per heavy atom. The molecule has 0 amide bonds. The lowest BCUT2D eigenvalue weighted by molar-refractivity contribution is -0.0241. The van der Waals surface area contributed by atoms with Crippen molar-refractivity contribution in [2.45, 2.75) is 31.8 Å². The smallest absolute Gasteiger partial charge is 0.0704 e. The number of rotatable bonds is 6. The van der Waals surface area contributed by atoms with Crippen LogP contribution in [0.5, 0.6) is 0 Å². The van der Waals surface area contributed by atoms with Crippen LogP contribution in [0.4, 0.5) is 0 Å². The summed E-state index contributed by atoms with van der Waals surface area (Å²) in [6.45, 7) is 7.50. The van der Waals surface area contributed by atoms with Gasteiger partial charge in [0.2, 0.25) is 0 Å². The Balaban J connectivity index is 0.00000180. The fourth-order valence-electron chi connectivity index (χ4n) is 3.04. The first kappa shape index (κ1) is 17.2. The fourth-order valence-corrected chi connectivity index (χ4v) is 3.04. The van der Waals surface area contributed by atoms with E-state index in [-0.39, 0.29) is 12.4 Å². The molecule has 19 heavy (non-hydrogen) atoms. The largest absolute Gasteiger partial charge is 0.382 e. The average molecular weight is 293 g/mol. The van der Waals surface area contributed by atoms with Crippen LogP contribution in [0, 0.1) is 5.92 Å². The van der Waals surface area contributed by atoms with Gasteiger partial charge in [0, 0.05) is 20.2 Å². The second-order valence-corrected chi connectivity index (χ2v) is 5.58. The van der Waals surface area contributed by atoms with Gasteiger partial charge < -0.3 is 19.7 Å². The Labute approximate surface area is 123 Å². The number of nitrogens with one attached hydrogen (secondary N) is 1. The molecular weight excluding hydrogens is 264 g/mol. The molecule has 2 saturated heterocycles. The molecule has 0 aromatic rings. The molecule has 0 radical (unpaired) electrons. The van der Waals surface area contributed by atoms with Crippen molar-refractivity contribution >= 4 is 12.4 Å². The van der Waals surface area contributed by atoms with Gasteiger partial charge in [-0.25, -0.2) is 0 Å². The molecule has 2 aliphatic heterocycles. The molecule has 2 fully saturated rings. The van der Waals surface area contributed by atoms with Crippen molar-refractivity contribution in [3.05, 3.63) is 0 Å². The third kappa shape index (κ3) is 6.41. The average Bonchev–Trinajstić information content (AvgIpc) is 2.41. The van der Waals surface area contributed by atoms with Gasteiger partial charge in [0.05, 0.1) is 19.3 Å².